The third kappa shape index (κ3) is 2.03. The normalized spacial score (nSPS) is 10.7. The SMILES string of the molecule is O=C(Nc1cccc(F)c1F)c1c[nH]c2ccccc12. The van der Waals surface area contributed by atoms with E-state index in [1.807, 2.05) is 12.1 Å². The molecule has 0 bridgehead atoms. The first-order chi connectivity index (χ1) is 9.66. The van der Waals surface area contributed by atoms with E-state index in [0.29, 0.717) is 5.56 Å². The summed E-state index contributed by atoms with van der Waals surface area (Å²) in [5.74, 6) is -2.56. The number of para-hydroxylation sites is 1. The summed E-state index contributed by atoms with van der Waals surface area (Å²) in [5, 5.41) is 3.10. The number of benzene rings is 2. The number of carbonyl (C=O) groups is 1. The molecule has 20 heavy (non-hydrogen) atoms. The van der Waals surface area contributed by atoms with Gasteiger partial charge in [0.1, 0.15) is 0 Å². The van der Waals surface area contributed by atoms with Crippen LogP contribution in [0.4, 0.5) is 14.5 Å². The van der Waals surface area contributed by atoms with Crippen LogP contribution in [0.1, 0.15) is 10.4 Å². The quantitative estimate of drug-likeness (QED) is 0.734. The molecule has 5 heteroatoms. The van der Waals surface area contributed by atoms with Gasteiger partial charge in [-0.05, 0) is 18.2 Å². The Morgan fingerprint density at radius 3 is 2.70 bits per heavy atom. The first-order valence-electron chi connectivity index (χ1n) is 5.98. The van der Waals surface area contributed by atoms with Crippen molar-refractivity contribution in [3.8, 4) is 0 Å². The monoisotopic (exact) mass is 272 g/mol. The van der Waals surface area contributed by atoms with Crippen molar-refractivity contribution in [2.75, 3.05) is 5.32 Å². The van der Waals surface area contributed by atoms with Gasteiger partial charge in [0.05, 0.1) is 11.3 Å². The molecule has 2 aromatic carbocycles. The van der Waals surface area contributed by atoms with Crippen molar-refractivity contribution >= 4 is 22.5 Å². The molecule has 100 valence electrons. The summed E-state index contributed by atoms with van der Waals surface area (Å²) in [6.07, 6.45) is 1.54. The molecule has 0 aliphatic carbocycles. The Kier molecular flexibility index (Phi) is 2.95. The largest absolute Gasteiger partial charge is 0.360 e. The molecule has 2 N–H and O–H groups in total. The van der Waals surface area contributed by atoms with E-state index >= 15 is 0 Å². The zero-order valence-corrected chi connectivity index (χ0v) is 10.3. The second kappa shape index (κ2) is 4.77. The Morgan fingerprint density at radius 2 is 1.85 bits per heavy atom. The highest BCUT2D eigenvalue weighted by molar-refractivity contribution is 6.12. The van der Waals surface area contributed by atoms with E-state index in [9.17, 15) is 13.6 Å². The number of nitrogens with one attached hydrogen (secondary N) is 2. The molecule has 0 aliphatic rings. The minimum absolute atomic E-state index is 0.180. The fourth-order valence-corrected chi connectivity index (χ4v) is 2.05. The molecule has 1 amide bonds. The lowest BCUT2D eigenvalue weighted by Gasteiger charge is -2.06. The number of hydrogen-bond acceptors (Lipinski definition) is 1. The van der Waals surface area contributed by atoms with Crippen LogP contribution in [0.3, 0.4) is 0 Å². The maximum absolute atomic E-state index is 13.5. The molecule has 0 saturated carbocycles. The van der Waals surface area contributed by atoms with Crippen molar-refractivity contribution in [3.63, 3.8) is 0 Å². The summed E-state index contributed by atoms with van der Waals surface area (Å²) >= 11 is 0. The number of halogens is 2. The van der Waals surface area contributed by atoms with Gasteiger partial charge in [0, 0.05) is 17.1 Å². The number of hydrogen-bond donors (Lipinski definition) is 2. The summed E-state index contributed by atoms with van der Waals surface area (Å²) in [6, 6.07) is 10.9. The van der Waals surface area contributed by atoms with E-state index in [0.717, 1.165) is 17.0 Å². The van der Waals surface area contributed by atoms with Gasteiger partial charge in [-0.25, -0.2) is 8.78 Å². The maximum Gasteiger partial charge on any atom is 0.257 e. The predicted octanol–water partition coefficient (Wildman–Crippen LogP) is 3.70. The Bertz CT molecular complexity index is 795. The van der Waals surface area contributed by atoms with Gasteiger partial charge in [0.15, 0.2) is 11.6 Å². The molecule has 3 nitrogen and oxygen atoms in total. The van der Waals surface area contributed by atoms with E-state index in [1.165, 1.54) is 18.3 Å². The molecule has 3 aromatic rings. The van der Waals surface area contributed by atoms with Crippen LogP contribution in [-0.4, -0.2) is 10.9 Å². The van der Waals surface area contributed by atoms with Gasteiger partial charge in [-0.2, -0.15) is 0 Å². The van der Waals surface area contributed by atoms with Crippen LogP contribution in [0.25, 0.3) is 10.9 Å². The van der Waals surface area contributed by atoms with Gasteiger partial charge >= 0.3 is 0 Å². The molecule has 1 heterocycles. The van der Waals surface area contributed by atoms with Gasteiger partial charge in [0.25, 0.3) is 5.91 Å². The van der Waals surface area contributed by atoms with Crippen molar-refractivity contribution in [1.82, 2.24) is 4.98 Å². The molecule has 0 saturated heterocycles. The molecular weight excluding hydrogens is 262 g/mol. The molecular formula is C15H10F2N2O. The molecule has 0 atom stereocenters. The fraction of sp³-hybridized carbons (Fsp3) is 0. The highest BCUT2D eigenvalue weighted by Crippen LogP contribution is 2.21. The molecule has 0 radical (unpaired) electrons. The topological polar surface area (TPSA) is 44.9 Å². The number of anilines is 1. The highest BCUT2D eigenvalue weighted by Gasteiger charge is 2.15. The summed E-state index contributed by atoms with van der Waals surface area (Å²) in [5.41, 5.74) is 1.00. The van der Waals surface area contributed by atoms with Crippen LogP contribution < -0.4 is 5.32 Å². The summed E-state index contributed by atoms with van der Waals surface area (Å²) in [6.45, 7) is 0. The van der Waals surface area contributed by atoms with Crippen molar-refractivity contribution < 1.29 is 13.6 Å². The molecule has 1 aromatic heterocycles. The van der Waals surface area contributed by atoms with Gasteiger partial charge in [0.2, 0.25) is 0 Å². The van der Waals surface area contributed by atoms with Gasteiger partial charge in [-0.15, -0.1) is 0 Å². The predicted molar refractivity (Wildman–Crippen MR) is 72.6 cm³/mol. The van der Waals surface area contributed by atoms with E-state index in [1.54, 1.807) is 12.1 Å². The van der Waals surface area contributed by atoms with Crippen molar-refractivity contribution in [2.24, 2.45) is 0 Å². The van der Waals surface area contributed by atoms with Crippen LogP contribution in [0.2, 0.25) is 0 Å². The third-order valence-corrected chi connectivity index (χ3v) is 3.03. The number of aromatic nitrogens is 1. The average molecular weight is 272 g/mol. The lowest BCUT2D eigenvalue weighted by molar-refractivity contribution is 0.102. The van der Waals surface area contributed by atoms with Crippen LogP contribution in [-0.2, 0) is 0 Å². The van der Waals surface area contributed by atoms with Crippen molar-refractivity contribution in [2.45, 2.75) is 0 Å². The molecule has 0 fully saturated rings. The van der Waals surface area contributed by atoms with E-state index in [4.69, 9.17) is 0 Å². The first kappa shape index (κ1) is 12.3. The summed E-state index contributed by atoms with van der Waals surface area (Å²) in [4.78, 5) is 15.1. The first-order valence-corrected chi connectivity index (χ1v) is 5.98. The number of aromatic amines is 1. The van der Waals surface area contributed by atoms with Crippen molar-refractivity contribution in [3.05, 3.63) is 65.9 Å². The molecule has 0 spiro atoms. The molecule has 3 rings (SSSR count). The third-order valence-electron chi connectivity index (χ3n) is 3.03. The summed E-state index contributed by atoms with van der Waals surface area (Å²) in [7, 11) is 0. The minimum Gasteiger partial charge on any atom is -0.360 e. The van der Waals surface area contributed by atoms with E-state index in [-0.39, 0.29) is 5.69 Å². The standard InChI is InChI=1S/C15H10F2N2O/c16-11-5-3-7-13(14(11)17)19-15(20)10-8-18-12-6-2-1-4-9(10)12/h1-8,18H,(H,19,20). The van der Waals surface area contributed by atoms with Gasteiger partial charge in [-0.1, -0.05) is 24.3 Å². The number of carbonyl (C=O) groups excluding carboxylic acids is 1. The molecule has 0 unspecified atom stereocenters. The maximum atomic E-state index is 13.5. The number of amides is 1. The smallest absolute Gasteiger partial charge is 0.257 e. The Morgan fingerprint density at radius 1 is 1.05 bits per heavy atom. The number of rotatable bonds is 2. The summed E-state index contributed by atoms with van der Waals surface area (Å²) < 4.78 is 26.6. The lowest BCUT2D eigenvalue weighted by Crippen LogP contribution is -2.13. The van der Waals surface area contributed by atoms with Crippen LogP contribution in [0.5, 0.6) is 0 Å². The zero-order chi connectivity index (χ0) is 14.1. The van der Waals surface area contributed by atoms with Crippen molar-refractivity contribution in [1.29, 1.82) is 0 Å². The zero-order valence-electron chi connectivity index (χ0n) is 10.3. The average Bonchev–Trinajstić information content (AvgIpc) is 2.88. The second-order valence-electron chi connectivity index (χ2n) is 4.30. The number of fused-ring (bicyclic) bond motifs is 1. The molecule has 0 aliphatic heterocycles. The second-order valence-corrected chi connectivity index (χ2v) is 4.30. The minimum atomic E-state index is -1.07. The Labute approximate surface area is 113 Å². The lowest BCUT2D eigenvalue weighted by atomic mass is 10.1. The number of H-pyrrole nitrogens is 1. The fourth-order valence-electron chi connectivity index (χ4n) is 2.05. The Hall–Kier alpha value is -2.69. The van der Waals surface area contributed by atoms with E-state index in [2.05, 4.69) is 10.3 Å². The van der Waals surface area contributed by atoms with Crippen LogP contribution in [0.15, 0.2) is 48.7 Å². The highest BCUT2D eigenvalue weighted by atomic mass is 19.2. The van der Waals surface area contributed by atoms with Gasteiger partial charge < -0.3 is 10.3 Å². The van der Waals surface area contributed by atoms with E-state index < -0.39 is 17.5 Å². The van der Waals surface area contributed by atoms with Crippen LogP contribution in [0, 0.1) is 11.6 Å². The van der Waals surface area contributed by atoms with Crippen LogP contribution >= 0.6 is 0 Å². The Balaban J connectivity index is 1.95. The van der Waals surface area contributed by atoms with Gasteiger partial charge in [-0.3, -0.25) is 4.79 Å².